The smallest absolute Gasteiger partial charge is 0.261 e. The number of pyridine rings is 1. The second-order valence-electron chi connectivity index (χ2n) is 7.07. The van der Waals surface area contributed by atoms with Gasteiger partial charge in [0, 0.05) is 45.0 Å². The summed E-state index contributed by atoms with van der Waals surface area (Å²) in [6.45, 7) is 2.05. The summed E-state index contributed by atoms with van der Waals surface area (Å²) >= 11 is 0. The maximum Gasteiger partial charge on any atom is 0.261 e. The average Bonchev–Trinajstić information content (AvgIpc) is 3.15. The molecule has 2 aromatic heterocycles. The molecule has 162 valence electrons. The van der Waals surface area contributed by atoms with Crippen molar-refractivity contribution in [2.75, 3.05) is 19.0 Å². The summed E-state index contributed by atoms with van der Waals surface area (Å²) in [5.74, 6) is -1.24. The Morgan fingerprint density at radius 1 is 1.32 bits per heavy atom. The summed E-state index contributed by atoms with van der Waals surface area (Å²) in [5.41, 5.74) is 1.63. The monoisotopic (exact) mass is 422 g/mol. The van der Waals surface area contributed by atoms with E-state index in [4.69, 9.17) is 10.1 Å². The molecular weight excluding hydrogens is 396 g/mol. The van der Waals surface area contributed by atoms with Gasteiger partial charge in [-0.2, -0.15) is 5.10 Å². The Labute approximate surface area is 181 Å². The number of ether oxygens (including phenoxy) is 1. The summed E-state index contributed by atoms with van der Waals surface area (Å²) in [7, 11) is 3.24. The third-order valence-corrected chi connectivity index (χ3v) is 4.45. The molecule has 9 heteroatoms. The lowest BCUT2D eigenvalue weighted by Gasteiger charge is -2.14. The number of carbonyl (C=O) groups excluding carboxylic acids is 2. The molecule has 3 rings (SSSR count). The van der Waals surface area contributed by atoms with Crippen LogP contribution in [0.25, 0.3) is 10.9 Å². The fraction of sp³-hybridized carbons (Fsp3) is 0.227. The number of hydrogen-bond acceptors (Lipinski definition) is 6. The van der Waals surface area contributed by atoms with Crippen molar-refractivity contribution in [3.8, 4) is 0 Å². The SMILES string of the molecule is COC[C@H](C)NC(=O)/C(=C/C(=N)c1ccc2ncccc2c1)C(=O)Nc1cnn(C)c1.[HH]. The molecule has 3 aromatic rings. The Kier molecular flexibility index (Phi) is 6.88. The van der Waals surface area contributed by atoms with Crippen LogP contribution in [0.4, 0.5) is 5.69 Å². The summed E-state index contributed by atoms with van der Waals surface area (Å²) in [6, 6.07) is 8.71. The van der Waals surface area contributed by atoms with Crippen LogP contribution >= 0.6 is 0 Å². The van der Waals surface area contributed by atoms with Crippen LogP contribution in [0.1, 0.15) is 13.9 Å². The largest absolute Gasteiger partial charge is 0.383 e. The first-order valence-corrected chi connectivity index (χ1v) is 9.62. The van der Waals surface area contributed by atoms with Crippen molar-refractivity contribution >= 4 is 34.1 Å². The van der Waals surface area contributed by atoms with Crippen molar-refractivity contribution in [1.29, 1.82) is 5.41 Å². The zero-order valence-corrected chi connectivity index (χ0v) is 17.5. The molecular formula is C22H26N6O3. The Hall–Kier alpha value is -3.85. The number of nitrogens with one attached hydrogen (secondary N) is 3. The number of carbonyl (C=O) groups is 2. The van der Waals surface area contributed by atoms with Gasteiger partial charge in [0.25, 0.3) is 11.8 Å². The number of nitrogens with zero attached hydrogens (tertiary/aromatic N) is 3. The molecule has 0 aliphatic heterocycles. The standard InChI is InChI=1S/C22H24N6O3.H2/c1-14(13-31-3)26-21(29)18(22(30)27-17-11-25-28(2)12-17)10-19(23)15-6-7-20-16(9-15)5-4-8-24-20;/h4-12,14,23H,13H2,1-3H3,(H,26,29)(H,27,30);1H/b18-10-,23-19?;/t14-;/m0./s1. The van der Waals surface area contributed by atoms with E-state index in [0.29, 0.717) is 17.9 Å². The van der Waals surface area contributed by atoms with Crippen molar-refractivity contribution in [2.45, 2.75) is 13.0 Å². The molecule has 0 spiro atoms. The van der Waals surface area contributed by atoms with Crippen LogP contribution in [-0.4, -0.2) is 52.0 Å². The molecule has 0 unspecified atom stereocenters. The van der Waals surface area contributed by atoms with Crippen molar-refractivity contribution in [3.63, 3.8) is 0 Å². The van der Waals surface area contributed by atoms with Gasteiger partial charge in [-0.1, -0.05) is 12.1 Å². The van der Waals surface area contributed by atoms with Gasteiger partial charge in [-0.25, -0.2) is 0 Å². The van der Waals surface area contributed by atoms with E-state index in [9.17, 15) is 9.59 Å². The molecule has 31 heavy (non-hydrogen) atoms. The fourth-order valence-corrected chi connectivity index (χ4v) is 2.98. The van der Waals surface area contributed by atoms with Crippen LogP contribution < -0.4 is 10.6 Å². The quantitative estimate of drug-likeness (QED) is 0.223. The summed E-state index contributed by atoms with van der Waals surface area (Å²) in [5, 5.41) is 18.7. The van der Waals surface area contributed by atoms with Gasteiger partial charge < -0.3 is 20.8 Å². The molecule has 2 heterocycles. The topological polar surface area (TPSA) is 122 Å². The van der Waals surface area contributed by atoms with Gasteiger partial charge in [-0.05, 0) is 31.2 Å². The van der Waals surface area contributed by atoms with Gasteiger partial charge in [0.2, 0.25) is 0 Å². The molecule has 1 aromatic carbocycles. The molecule has 0 saturated carbocycles. The minimum absolute atomic E-state index is 0. The molecule has 0 aliphatic carbocycles. The molecule has 9 nitrogen and oxygen atoms in total. The molecule has 0 saturated heterocycles. The van der Waals surface area contributed by atoms with Crippen LogP contribution in [0.2, 0.25) is 0 Å². The second kappa shape index (κ2) is 9.77. The second-order valence-corrected chi connectivity index (χ2v) is 7.07. The Morgan fingerprint density at radius 2 is 2.13 bits per heavy atom. The lowest BCUT2D eigenvalue weighted by molar-refractivity contribution is -0.122. The Morgan fingerprint density at radius 3 is 2.84 bits per heavy atom. The molecule has 0 fully saturated rings. The van der Waals surface area contributed by atoms with E-state index in [-0.39, 0.29) is 18.8 Å². The van der Waals surface area contributed by atoms with Gasteiger partial charge in [-0.3, -0.25) is 19.3 Å². The van der Waals surface area contributed by atoms with Crippen LogP contribution in [-0.2, 0) is 21.4 Å². The third kappa shape index (κ3) is 5.61. The van der Waals surface area contributed by atoms with Crippen molar-refractivity contribution in [3.05, 3.63) is 66.1 Å². The fourth-order valence-electron chi connectivity index (χ4n) is 2.98. The Balaban J connectivity index is 0.00000363. The number of aryl methyl sites for hydroxylation is 1. The lowest BCUT2D eigenvalue weighted by atomic mass is 10.0. The summed E-state index contributed by atoms with van der Waals surface area (Å²) in [4.78, 5) is 30.0. The Bertz CT molecular complexity index is 1160. The number of fused-ring (bicyclic) bond motifs is 1. The maximum atomic E-state index is 12.9. The van der Waals surface area contributed by atoms with E-state index < -0.39 is 11.8 Å². The lowest BCUT2D eigenvalue weighted by Crippen LogP contribution is -2.39. The van der Waals surface area contributed by atoms with Crippen molar-refractivity contribution in [1.82, 2.24) is 20.1 Å². The van der Waals surface area contributed by atoms with Crippen LogP contribution in [0, 0.1) is 5.41 Å². The van der Waals surface area contributed by atoms with E-state index in [2.05, 4.69) is 20.7 Å². The van der Waals surface area contributed by atoms with Gasteiger partial charge in [0.05, 0.1) is 29.7 Å². The highest BCUT2D eigenvalue weighted by Crippen LogP contribution is 2.15. The molecule has 0 bridgehead atoms. The van der Waals surface area contributed by atoms with Gasteiger partial charge >= 0.3 is 0 Å². The number of rotatable bonds is 8. The number of amides is 2. The minimum atomic E-state index is -0.637. The van der Waals surface area contributed by atoms with Gasteiger partial charge in [0.15, 0.2) is 0 Å². The van der Waals surface area contributed by atoms with E-state index in [1.165, 1.54) is 24.1 Å². The number of aromatic nitrogens is 3. The summed E-state index contributed by atoms with van der Waals surface area (Å²) in [6.07, 6.45) is 6.04. The van der Waals surface area contributed by atoms with Crippen molar-refractivity contribution < 1.29 is 15.8 Å². The van der Waals surface area contributed by atoms with E-state index in [1.54, 1.807) is 44.6 Å². The van der Waals surface area contributed by atoms with Crippen molar-refractivity contribution in [2.24, 2.45) is 7.05 Å². The molecule has 0 radical (unpaired) electrons. The molecule has 0 aliphatic rings. The first kappa shape index (κ1) is 21.8. The maximum absolute atomic E-state index is 12.9. The first-order chi connectivity index (χ1) is 14.9. The molecule has 2 amide bonds. The van der Waals surface area contributed by atoms with Gasteiger partial charge in [-0.15, -0.1) is 0 Å². The van der Waals surface area contributed by atoms with Gasteiger partial charge in [0.1, 0.15) is 5.57 Å². The normalized spacial score (nSPS) is 12.4. The zero-order valence-electron chi connectivity index (χ0n) is 17.5. The highest BCUT2D eigenvalue weighted by molar-refractivity contribution is 6.27. The number of benzene rings is 1. The predicted octanol–water partition coefficient (Wildman–Crippen LogP) is 2.30. The molecule has 1 atom stereocenters. The minimum Gasteiger partial charge on any atom is -0.383 e. The molecule has 3 N–H and O–H groups in total. The first-order valence-electron chi connectivity index (χ1n) is 9.62. The van der Waals surface area contributed by atoms with Crippen LogP contribution in [0.3, 0.4) is 0 Å². The summed E-state index contributed by atoms with van der Waals surface area (Å²) < 4.78 is 6.57. The highest BCUT2D eigenvalue weighted by atomic mass is 16.5. The zero-order chi connectivity index (χ0) is 22.4. The van der Waals surface area contributed by atoms with Crippen LogP contribution in [0.15, 0.2) is 60.6 Å². The predicted molar refractivity (Wildman–Crippen MR) is 120 cm³/mol. The van der Waals surface area contributed by atoms with E-state index in [1.807, 2.05) is 12.1 Å². The number of hydrogen-bond donors (Lipinski definition) is 3. The number of allylic oxidation sites excluding steroid dienone is 1. The highest BCUT2D eigenvalue weighted by Gasteiger charge is 2.21. The number of anilines is 1. The average molecular weight is 422 g/mol. The number of methoxy groups -OCH3 is 1. The third-order valence-electron chi connectivity index (χ3n) is 4.45. The van der Waals surface area contributed by atoms with E-state index in [0.717, 1.165) is 10.9 Å². The van der Waals surface area contributed by atoms with Crippen LogP contribution in [0.5, 0.6) is 0 Å². The van der Waals surface area contributed by atoms with E-state index >= 15 is 0 Å².